The highest BCUT2D eigenvalue weighted by atomic mass is 16.5. The SMILES string of the molecule is C=Nc1ccc(Oc2ccc(C(C)(C)c3ccc(Oc4ccc(N=C)cc4)cc3)cc2)cc1. The van der Waals surface area contributed by atoms with E-state index >= 15 is 0 Å². The first kappa shape index (κ1) is 22.0. The van der Waals surface area contributed by atoms with E-state index in [0.717, 1.165) is 34.4 Å². The van der Waals surface area contributed by atoms with Gasteiger partial charge in [-0.25, -0.2) is 0 Å². The van der Waals surface area contributed by atoms with Crippen LogP contribution in [0.15, 0.2) is 107 Å². The Hall–Kier alpha value is -4.18. The smallest absolute Gasteiger partial charge is 0.127 e. The monoisotopic (exact) mass is 434 g/mol. The number of nitrogens with zero attached hydrogens (tertiary/aromatic N) is 2. The molecule has 164 valence electrons. The van der Waals surface area contributed by atoms with Crippen molar-refractivity contribution in [3.05, 3.63) is 108 Å². The van der Waals surface area contributed by atoms with Crippen LogP contribution in [0.5, 0.6) is 23.0 Å². The van der Waals surface area contributed by atoms with Crippen molar-refractivity contribution in [1.82, 2.24) is 0 Å². The molecule has 4 heteroatoms. The van der Waals surface area contributed by atoms with Gasteiger partial charge in [-0.2, -0.15) is 0 Å². The van der Waals surface area contributed by atoms with E-state index in [0.29, 0.717) is 0 Å². The Labute approximate surface area is 194 Å². The zero-order chi connectivity index (χ0) is 23.3. The molecule has 4 aromatic carbocycles. The summed E-state index contributed by atoms with van der Waals surface area (Å²) in [6.45, 7) is 11.5. The van der Waals surface area contributed by atoms with Crippen molar-refractivity contribution in [2.24, 2.45) is 9.98 Å². The molecule has 4 aromatic rings. The van der Waals surface area contributed by atoms with Crippen LogP contribution in [0.2, 0.25) is 0 Å². The maximum absolute atomic E-state index is 5.95. The molecule has 0 saturated carbocycles. The lowest BCUT2D eigenvalue weighted by atomic mass is 9.78. The quantitative estimate of drug-likeness (QED) is 0.262. The molecule has 33 heavy (non-hydrogen) atoms. The minimum absolute atomic E-state index is 0.175. The second-order valence-corrected chi connectivity index (χ2v) is 8.18. The van der Waals surface area contributed by atoms with E-state index in [1.807, 2.05) is 72.8 Å². The van der Waals surface area contributed by atoms with Crippen LogP contribution in [0, 0.1) is 0 Å². The molecule has 0 aliphatic heterocycles. The summed E-state index contributed by atoms with van der Waals surface area (Å²) in [6, 6.07) is 31.5. The first-order chi connectivity index (χ1) is 16.0. The van der Waals surface area contributed by atoms with Gasteiger partial charge >= 0.3 is 0 Å². The van der Waals surface area contributed by atoms with Crippen LogP contribution >= 0.6 is 0 Å². The first-order valence-electron chi connectivity index (χ1n) is 10.7. The molecule has 0 radical (unpaired) electrons. The summed E-state index contributed by atoms with van der Waals surface area (Å²) in [4.78, 5) is 7.80. The summed E-state index contributed by atoms with van der Waals surface area (Å²) in [5.74, 6) is 3.10. The molecule has 0 aliphatic rings. The first-order valence-corrected chi connectivity index (χ1v) is 10.7. The second-order valence-electron chi connectivity index (χ2n) is 8.18. The largest absolute Gasteiger partial charge is 0.457 e. The molecule has 0 spiro atoms. The summed E-state index contributed by atoms with van der Waals surface area (Å²) >= 11 is 0. The maximum Gasteiger partial charge on any atom is 0.127 e. The van der Waals surface area contributed by atoms with E-state index in [2.05, 4.69) is 61.5 Å². The Balaban J connectivity index is 1.45. The van der Waals surface area contributed by atoms with E-state index in [4.69, 9.17) is 9.47 Å². The highest BCUT2D eigenvalue weighted by Gasteiger charge is 2.23. The second kappa shape index (κ2) is 9.53. The molecule has 0 amide bonds. The average Bonchev–Trinajstić information content (AvgIpc) is 2.86. The van der Waals surface area contributed by atoms with E-state index in [-0.39, 0.29) is 5.41 Å². The molecular formula is C29H26N2O2. The van der Waals surface area contributed by atoms with Crippen molar-refractivity contribution in [3.8, 4) is 23.0 Å². The highest BCUT2D eigenvalue weighted by Crippen LogP contribution is 2.35. The normalized spacial score (nSPS) is 11.0. The predicted octanol–water partition coefficient (Wildman–Crippen LogP) is 8.26. The molecule has 0 aliphatic carbocycles. The molecule has 0 heterocycles. The van der Waals surface area contributed by atoms with Gasteiger partial charge in [-0.3, -0.25) is 9.98 Å². The van der Waals surface area contributed by atoms with Crippen molar-refractivity contribution in [2.75, 3.05) is 0 Å². The molecule has 0 N–H and O–H groups in total. The van der Waals surface area contributed by atoms with Crippen molar-refractivity contribution in [1.29, 1.82) is 0 Å². The van der Waals surface area contributed by atoms with Gasteiger partial charge in [0.1, 0.15) is 23.0 Å². The lowest BCUT2D eigenvalue weighted by molar-refractivity contribution is 0.481. The van der Waals surface area contributed by atoms with Crippen molar-refractivity contribution in [3.63, 3.8) is 0 Å². The molecule has 0 saturated heterocycles. The van der Waals surface area contributed by atoms with Crippen LogP contribution in [-0.2, 0) is 5.41 Å². The Morgan fingerprint density at radius 3 is 1.03 bits per heavy atom. The molecule has 0 aromatic heterocycles. The van der Waals surface area contributed by atoms with Crippen LogP contribution in [0.1, 0.15) is 25.0 Å². The van der Waals surface area contributed by atoms with Crippen LogP contribution in [-0.4, -0.2) is 13.4 Å². The summed E-state index contributed by atoms with van der Waals surface area (Å²) in [7, 11) is 0. The van der Waals surface area contributed by atoms with Gasteiger partial charge in [-0.1, -0.05) is 38.1 Å². The van der Waals surface area contributed by atoms with Crippen molar-refractivity contribution >= 4 is 24.8 Å². The summed E-state index contributed by atoms with van der Waals surface area (Å²) in [5, 5.41) is 0. The van der Waals surface area contributed by atoms with E-state index in [1.165, 1.54) is 11.1 Å². The Bertz CT molecular complexity index is 1130. The van der Waals surface area contributed by atoms with E-state index in [1.54, 1.807) is 0 Å². The van der Waals surface area contributed by atoms with Gasteiger partial charge in [0.2, 0.25) is 0 Å². The van der Waals surface area contributed by atoms with Gasteiger partial charge in [-0.05, 0) is 97.4 Å². The topological polar surface area (TPSA) is 43.2 Å². The number of rotatable bonds is 8. The molecule has 0 atom stereocenters. The molecule has 0 unspecified atom stereocenters. The number of benzene rings is 4. The maximum atomic E-state index is 5.95. The van der Waals surface area contributed by atoms with E-state index in [9.17, 15) is 0 Å². The fraction of sp³-hybridized carbons (Fsp3) is 0.103. The van der Waals surface area contributed by atoms with Gasteiger partial charge in [0.15, 0.2) is 0 Å². The van der Waals surface area contributed by atoms with Gasteiger partial charge in [-0.15, -0.1) is 0 Å². The third-order valence-corrected chi connectivity index (χ3v) is 5.66. The van der Waals surface area contributed by atoms with Crippen LogP contribution in [0.25, 0.3) is 0 Å². The zero-order valence-corrected chi connectivity index (χ0v) is 18.9. The lowest BCUT2D eigenvalue weighted by Crippen LogP contribution is -2.18. The predicted molar refractivity (Wildman–Crippen MR) is 136 cm³/mol. The minimum atomic E-state index is -0.175. The van der Waals surface area contributed by atoms with Crippen molar-refractivity contribution in [2.45, 2.75) is 19.3 Å². The Morgan fingerprint density at radius 2 is 0.758 bits per heavy atom. The van der Waals surface area contributed by atoms with Crippen LogP contribution in [0.3, 0.4) is 0 Å². The van der Waals surface area contributed by atoms with Gasteiger partial charge in [0.05, 0.1) is 11.4 Å². The van der Waals surface area contributed by atoms with Crippen LogP contribution < -0.4 is 9.47 Å². The molecule has 0 bridgehead atoms. The highest BCUT2D eigenvalue weighted by molar-refractivity contribution is 5.49. The third-order valence-electron chi connectivity index (χ3n) is 5.66. The van der Waals surface area contributed by atoms with E-state index < -0.39 is 0 Å². The Kier molecular flexibility index (Phi) is 6.36. The fourth-order valence-corrected chi connectivity index (χ4v) is 3.56. The molecular weight excluding hydrogens is 408 g/mol. The third kappa shape index (κ3) is 5.18. The van der Waals surface area contributed by atoms with Gasteiger partial charge in [0, 0.05) is 5.41 Å². The number of hydrogen-bond donors (Lipinski definition) is 0. The number of ether oxygens (including phenoxy) is 2. The zero-order valence-electron chi connectivity index (χ0n) is 18.9. The summed E-state index contributed by atoms with van der Waals surface area (Å²) < 4.78 is 11.9. The lowest BCUT2D eigenvalue weighted by Gasteiger charge is -2.26. The van der Waals surface area contributed by atoms with Crippen molar-refractivity contribution < 1.29 is 9.47 Å². The number of aliphatic imine (C=N–C) groups is 2. The van der Waals surface area contributed by atoms with Crippen LogP contribution in [0.4, 0.5) is 11.4 Å². The standard InChI is InChI=1S/C29H26N2O2/c1-29(2,21-5-13-25(14-6-21)32-27-17-9-23(30-3)10-18-27)22-7-15-26(16-8-22)33-28-19-11-24(31-4)12-20-28/h5-20H,3-4H2,1-2H3. The minimum Gasteiger partial charge on any atom is -0.457 e. The summed E-state index contributed by atoms with van der Waals surface area (Å²) in [6.07, 6.45) is 0. The summed E-state index contributed by atoms with van der Waals surface area (Å²) in [5.41, 5.74) is 3.85. The average molecular weight is 435 g/mol. The molecule has 0 fully saturated rings. The molecule has 4 nitrogen and oxygen atoms in total. The number of hydrogen-bond acceptors (Lipinski definition) is 4. The fourth-order valence-electron chi connectivity index (χ4n) is 3.56. The van der Waals surface area contributed by atoms with Gasteiger partial charge < -0.3 is 9.47 Å². The van der Waals surface area contributed by atoms with Gasteiger partial charge in [0.25, 0.3) is 0 Å². The molecule has 4 rings (SSSR count). The Morgan fingerprint density at radius 1 is 0.485 bits per heavy atom.